The van der Waals surface area contributed by atoms with Crippen LogP contribution in [0.5, 0.6) is 0 Å². The molecule has 0 aliphatic rings. The van der Waals surface area contributed by atoms with Crippen molar-refractivity contribution >= 4 is 11.8 Å². The van der Waals surface area contributed by atoms with Crippen LogP contribution >= 0.6 is 0 Å². The van der Waals surface area contributed by atoms with E-state index in [1.807, 2.05) is 6.07 Å². The second-order valence-corrected chi connectivity index (χ2v) is 6.02. The summed E-state index contributed by atoms with van der Waals surface area (Å²) < 4.78 is 0. The summed E-state index contributed by atoms with van der Waals surface area (Å²) in [5.41, 5.74) is 3.79. The van der Waals surface area contributed by atoms with Gasteiger partial charge in [-0.2, -0.15) is 10.1 Å². The largest absolute Gasteiger partial charge is 0.369 e. The molecule has 5 heteroatoms. The van der Waals surface area contributed by atoms with Gasteiger partial charge in [0.2, 0.25) is 5.95 Å². The zero-order chi connectivity index (χ0) is 17.3. The van der Waals surface area contributed by atoms with Crippen molar-refractivity contribution < 1.29 is 0 Å². The highest BCUT2D eigenvalue weighted by Gasteiger charge is 2.01. The van der Waals surface area contributed by atoms with Crippen LogP contribution in [0.3, 0.4) is 0 Å². The fourth-order valence-corrected chi connectivity index (χ4v) is 2.62. The minimum absolute atomic E-state index is 0.537. The summed E-state index contributed by atoms with van der Waals surface area (Å²) in [5, 5.41) is 14.6. The molecule has 0 radical (unpaired) electrons. The highest BCUT2D eigenvalue weighted by Crippen LogP contribution is 2.09. The van der Waals surface area contributed by atoms with Crippen LogP contribution in [0.25, 0.3) is 0 Å². The third kappa shape index (κ3) is 5.57. The van der Waals surface area contributed by atoms with Crippen molar-refractivity contribution in [3.05, 3.63) is 77.5 Å². The zero-order valence-corrected chi connectivity index (χ0v) is 14.4. The average molecular weight is 333 g/mol. The Labute approximate surface area is 148 Å². The number of rotatable bonds is 8. The van der Waals surface area contributed by atoms with E-state index in [2.05, 4.69) is 81.3 Å². The van der Waals surface area contributed by atoms with Gasteiger partial charge in [-0.1, -0.05) is 60.2 Å². The minimum atomic E-state index is 0.537. The second-order valence-electron chi connectivity index (χ2n) is 6.02. The Hall–Kier alpha value is -2.95. The molecule has 3 rings (SSSR count). The molecule has 5 nitrogen and oxygen atoms in total. The Morgan fingerprint density at radius 2 is 1.76 bits per heavy atom. The molecule has 0 unspecified atom stereocenters. The van der Waals surface area contributed by atoms with E-state index in [0.717, 1.165) is 25.2 Å². The maximum absolute atomic E-state index is 4.46. The molecule has 0 spiro atoms. The lowest BCUT2D eigenvalue weighted by atomic mass is 10.1. The molecule has 1 aromatic heterocycles. The van der Waals surface area contributed by atoms with Gasteiger partial charge in [-0.3, -0.25) is 0 Å². The van der Waals surface area contributed by atoms with Crippen molar-refractivity contribution in [2.75, 3.05) is 17.2 Å². The second kappa shape index (κ2) is 8.78. The van der Waals surface area contributed by atoms with E-state index < -0.39 is 0 Å². The van der Waals surface area contributed by atoms with Crippen LogP contribution in [0.4, 0.5) is 11.8 Å². The standard InChI is InChI=1S/C20H23N5/c1-16-7-5-10-18(13-16)14-22-20-24-19(15-23-25-20)21-12-6-11-17-8-3-2-4-9-17/h2-5,7-10,13,15H,6,11-12,14H2,1H3,(H2,21,22,24,25). The molecule has 25 heavy (non-hydrogen) atoms. The lowest BCUT2D eigenvalue weighted by Gasteiger charge is -2.08. The third-order valence-corrected chi connectivity index (χ3v) is 3.88. The van der Waals surface area contributed by atoms with Crippen LogP contribution in [-0.4, -0.2) is 21.7 Å². The highest BCUT2D eigenvalue weighted by atomic mass is 15.3. The van der Waals surface area contributed by atoms with Crippen molar-refractivity contribution in [2.24, 2.45) is 0 Å². The van der Waals surface area contributed by atoms with Gasteiger partial charge in [-0.15, -0.1) is 5.10 Å². The first-order valence-electron chi connectivity index (χ1n) is 8.56. The summed E-state index contributed by atoms with van der Waals surface area (Å²) in [6, 6.07) is 18.9. The van der Waals surface area contributed by atoms with Crippen LogP contribution in [0.15, 0.2) is 60.8 Å². The number of nitrogens with one attached hydrogen (secondary N) is 2. The molecular formula is C20H23N5. The third-order valence-electron chi connectivity index (χ3n) is 3.88. The lowest BCUT2D eigenvalue weighted by Crippen LogP contribution is -2.09. The molecule has 0 amide bonds. The Morgan fingerprint density at radius 1 is 0.920 bits per heavy atom. The number of benzene rings is 2. The van der Waals surface area contributed by atoms with Gasteiger partial charge < -0.3 is 10.6 Å². The number of anilines is 2. The summed E-state index contributed by atoms with van der Waals surface area (Å²) in [6.07, 6.45) is 3.74. The van der Waals surface area contributed by atoms with E-state index in [4.69, 9.17) is 0 Å². The van der Waals surface area contributed by atoms with Crippen LogP contribution in [-0.2, 0) is 13.0 Å². The van der Waals surface area contributed by atoms with Crippen molar-refractivity contribution in [1.29, 1.82) is 0 Å². The fraction of sp³-hybridized carbons (Fsp3) is 0.250. The van der Waals surface area contributed by atoms with Crippen LogP contribution < -0.4 is 10.6 Å². The molecule has 1 heterocycles. The molecule has 0 bridgehead atoms. The summed E-state index contributed by atoms with van der Waals surface area (Å²) >= 11 is 0. The Bertz CT molecular complexity index is 789. The Morgan fingerprint density at radius 3 is 2.60 bits per heavy atom. The van der Waals surface area contributed by atoms with Crippen molar-refractivity contribution in [3.63, 3.8) is 0 Å². The highest BCUT2D eigenvalue weighted by molar-refractivity contribution is 5.37. The molecule has 0 saturated heterocycles. The molecule has 2 N–H and O–H groups in total. The van der Waals surface area contributed by atoms with Gasteiger partial charge >= 0.3 is 0 Å². The maximum Gasteiger partial charge on any atom is 0.244 e. The van der Waals surface area contributed by atoms with Gasteiger partial charge in [0.05, 0.1) is 6.20 Å². The number of aryl methyl sites for hydroxylation is 2. The fourth-order valence-electron chi connectivity index (χ4n) is 2.62. The van der Waals surface area contributed by atoms with Crippen LogP contribution in [0.2, 0.25) is 0 Å². The van der Waals surface area contributed by atoms with E-state index in [-0.39, 0.29) is 0 Å². The van der Waals surface area contributed by atoms with Gasteiger partial charge in [0.1, 0.15) is 5.82 Å². The van der Waals surface area contributed by atoms with E-state index in [9.17, 15) is 0 Å². The van der Waals surface area contributed by atoms with E-state index in [1.165, 1.54) is 16.7 Å². The number of hydrogen-bond acceptors (Lipinski definition) is 5. The van der Waals surface area contributed by atoms with Gasteiger partial charge in [0, 0.05) is 13.1 Å². The van der Waals surface area contributed by atoms with Gasteiger partial charge in [-0.05, 0) is 30.9 Å². The molecule has 2 aromatic carbocycles. The number of nitrogens with zero attached hydrogens (tertiary/aromatic N) is 3. The van der Waals surface area contributed by atoms with Crippen molar-refractivity contribution in [1.82, 2.24) is 15.2 Å². The topological polar surface area (TPSA) is 62.7 Å². The summed E-state index contributed by atoms with van der Waals surface area (Å²) in [5.74, 6) is 1.28. The summed E-state index contributed by atoms with van der Waals surface area (Å²) in [4.78, 5) is 4.46. The van der Waals surface area contributed by atoms with Gasteiger partial charge in [0.15, 0.2) is 0 Å². The minimum Gasteiger partial charge on any atom is -0.369 e. The number of hydrogen-bond donors (Lipinski definition) is 2. The number of aromatic nitrogens is 3. The van der Waals surface area contributed by atoms with Crippen molar-refractivity contribution in [2.45, 2.75) is 26.3 Å². The predicted molar refractivity (Wildman–Crippen MR) is 102 cm³/mol. The molecule has 3 aromatic rings. The van der Waals surface area contributed by atoms with Crippen molar-refractivity contribution in [3.8, 4) is 0 Å². The lowest BCUT2D eigenvalue weighted by molar-refractivity contribution is 0.851. The molecule has 0 saturated carbocycles. The van der Waals surface area contributed by atoms with Gasteiger partial charge in [-0.25, -0.2) is 0 Å². The molecule has 0 aliphatic heterocycles. The van der Waals surface area contributed by atoms with E-state index in [1.54, 1.807) is 6.20 Å². The molecule has 0 fully saturated rings. The molecule has 0 aliphatic carbocycles. The smallest absolute Gasteiger partial charge is 0.244 e. The molecular weight excluding hydrogens is 310 g/mol. The monoisotopic (exact) mass is 333 g/mol. The Kier molecular flexibility index (Phi) is 5.93. The quantitative estimate of drug-likeness (QED) is 0.613. The van der Waals surface area contributed by atoms with E-state index >= 15 is 0 Å². The first-order valence-corrected chi connectivity index (χ1v) is 8.56. The van der Waals surface area contributed by atoms with E-state index in [0.29, 0.717) is 12.5 Å². The predicted octanol–water partition coefficient (Wildman–Crippen LogP) is 3.84. The van der Waals surface area contributed by atoms with Crippen LogP contribution in [0, 0.1) is 6.92 Å². The zero-order valence-electron chi connectivity index (χ0n) is 14.4. The summed E-state index contributed by atoms with van der Waals surface area (Å²) in [7, 11) is 0. The first kappa shape index (κ1) is 16.9. The average Bonchev–Trinajstić information content (AvgIpc) is 2.65. The molecule has 0 atom stereocenters. The van der Waals surface area contributed by atoms with Crippen LogP contribution in [0.1, 0.15) is 23.1 Å². The molecule has 128 valence electrons. The first-order chi connectivity index (χ1) is 12.3. The normalized spacial score (nSPS) is 10.4. The Balaban J connectivity index is 1.46. The SMILES string of the molecule is Cc1cccc(CNc2nncc(NCCCc3ccccc3)n2)c1. The summed E-state index contributed by atoms with van der Waals surface area (Å²) in [6.45, 7) is 3.62. The van der Waals surface area contributed by atoms with Gasteiger partial charge in [0.25, 0.3) is 0 Å². The maximum atomic E-state index is 4.46.